The van der Waals surface area contributed by atoms with E-state index in [0.717, 1.165) is 190 Å². The van der Waals surface area contributed by atoms with Crippen LogP contribution in [0.2, 0.25) is 60.4 Å². The highest BCUT2D eigenvalue weighted by molar-refractivity contribution is 6.64. The Hall–Kier alpha value is 0.729. The molecule has 0 aromatic carbocycles. The number of nitrogens with zero attached hydrogens (tertiary/aromatic N) is 4. The zero-order valence-corrected chi connectivity index (χ0v) is 94.6. The summed E-state index contributed by atoms with van der Waals surface area (Å²) in [5.74, 6) is 0. The Balaban J connectivity index is -0.000000793. The van der Waals surface area contributed by atoms with Crippen LogP contribution in [0.4, 0.5) is 0 Å². The lowest BCUT2D eigenvalue weighted by atomic mass is 10.3. The van der Waals surface area contributed by atoms with Gasteiger partial charge in [-0.25, -0.2) is 0 Å². The third-order valence-electron chi connectivity index (χ3n) is 20.5. The molecule has 0 radical (unpaired) electrons. The fourth-order valence-electron chi connectivity index (χ4n) is 14.6. The first-order valence-electron chi connectivity index (χ1n) is 46.1. The van der Waals surface area contributed by atoms with Crippen LogP contribution in [0.25, 0.3) is 0 Å². The second kappa shape index (κ2) is 82.9. The summed E-state index contributed by atoms with van der Waals surface area (Å²) in [5.41, 5.74) is 0. The molecule has 0 rings (SSSR count). The van der Waals surface area contributed by atoms with E-state index in [4.69, 9.17) is 133 Å². The Morgan fingerprint density at radius 1 is 0.144 bits per heavy atom. The van der Waals surface area contributed by atoms with E-state index in [1.54, 1.807) is 107 Å². The predicted octanol–water partition coefficient (Wildman–Crippen LogP) is 11.7. The molecule has 0 atom stereocenters. The Labute approximate surface area is 772 Å². The van der Waals surface area contributed by atoms with Gasteiger partial charge in [0.25, 0.3) is 0 Å². The van der Waals surface area contributed by atoms with E-state index in [9.17, 15) is 10.2 Å². The van der Waals surface area contributed by atoms with Gasteiger partial charge < -0.3 is 163 Å². The standard InChI is InChI=1S/C27H63NO9Si3.C20H47NO7Si2.C18H45NO9Si3.C14H35NO7Si2/c1-10-29-38(30-11-2,31-12-3)25-19-22-28(23-20-26-39(32-13-4,33-14-5)34-15-6)24-21-27-40(35-16-7,36-17-8)37-18-9;1-7-23-29(24-8-2,25-9-3)19-13-15-21(17-18-22)16-14-20-30(26-10-4,27-11-5)28-12-6;1-20-29(21-2,22-3)16-10-13-19(14-11-17-30(23-4,24-5)25-6)15-12-18-31(26-7,27-8)28-9;1-17-23(18-2,19-3)13-7-9-15(11-12-16)10-8-14-24(20-4,21-5)22-6/h10-27H2,1-9H3;22H,7-20H2,1-6H3;10-18H2,1-9H3;16H,7-14H2,1-6H3. The molecule has 0 heterocycles. The summed E-state index contributed by atoms with van der Waals surface area (Å²) in [6.45, 7) is 49.1. The third-order valence-corrected chi connectivity index (χ3v) is 50.5. The van der Waals surface area contributed by atoms with Gasteiger partial charge in [-0.05, 0) is 234 Å². The molecule has 0 aliphatic carbocycles. The molecule has 2 N–H and O–H groups in total. The molecule has 0 fully saturated rings. The van der Waals surface area contributed by atoms with Gasteiger partial charge in [-0.2, -0.15) is 0 Å². The van der Waals surface area contributed by atoms with Gasteiger partial charge in [0.2, 0.25) is 0 Å². The van der Waals surface area contributed by atoms with E-state index in [1.807, 2.05) is 104 Å². The summed E-state index contributed by atoms with van der Waals surface area (Å²) in [6.07, 6.45) is 9.08. The van der Waals surface area contributed by atoms with Crippen LogP contribution in [0.1, 0.15) is 168 Å². The van der Waals surface area contributed by atoms with E-state index in [-0.39, 0.29) is 13.2 Å². The molecule has 758 valence electrons. The van der Waals surface area contributed by atoms with Crippen LogP contribution < -0.4 is 0 Å². The quantitative estimate of drug-likeness (QED) is 0.0534. The third kappa shape index (κ3) is 56.9. The van der Waals surface area contributed by atoms with Gasteiger partial charge in [-0.1, -0.05) is 0 Å². The highest BCUT2D eigenvalue weighted by Gasteiger charge is 2.47. The number of aliphatic hydroxyl groups excluding tert-OH is 2. The van der Waals surface area contributed by atoms with Gasteiger partial charge in [-0.3, -0.25) is 0 Å². The van der Waals surface area contributed by atoms with Gasteiger partial charge in [0.15, 0.2) is 0 Å². The van der Waals surface area contributed by atoms with Crippen molar-refractivity contribution in [3.8, 4) is 0 Å². The molecule has 0 aromatic rings. The predicted molar refractivity (Wildman–Crippen MR) is 511 cm³/mol. The van der Waals surface area contributed by atoms with Crippen molar-refractivity contribution in [3.05, 3.63) is 0 Å². The van der Waals surface area contributed by atoms with Gasteiger partial charge >= 0.3 is 88.0 Å². The highest BCUT2D eigenvalue weighted by atomic mass is 28.4. The lowest BCUT2D eigenvalue weighted by Crippen LogP contribution is -2.47. The SMILES string of the molecule is CCO[Si](CCCN(CCC[Si](OCC)(OCC)OCC)CCC[Si](OCC)(OCC)OCC)(OCC)OCC.CCO[Si](CCCN(CCO)CCC[Si](OCC)(OCC)OCC)(OCC)OCC.CO[Si](CCCN(CCC[Si](OC)(OC)OC)CCC[Si](OC)(OC)OC)(OC)OC.CO[Si](CCCN(CCO)CCC[Si](OC)(OC)OC)(OC)OC. The van der Waals surface area contributed by atoms with Crippen molar-refractivity contribution in [2.45, 2.75) is 229 Å². The Morgan fingerprint density at radius 3 is 0.312 bits per heavy atom. The summed E-state index contributed by atoms with van der Waals surface area (Å²) in [4.78, 5) is 9.40. The Kier molecular flexibility index (Phi) is 87.6. The molecular weight excluding hydrogens is 1800 g/mol. The lowest BCUT2D eigenvalue weighted by molar-refractivity contribution is 0.0668. The summed E-state index contributed by atoms with van der Waals surface area (Å²) in [7, 11) is -1.54. The van der Waals surface area contributed by atoms with Crippen LogP contribution in [-0.4, -0.2) is 415 Å². The summed E-state index contributed by atoms with van der Waals surface area (Å²) < 4.78 is 173. The van der Waals surface area contributed by atoms with Crippen molar-refractivity contribution in [1.82, 2.24) is 19.6 Å². The van der Waals surface area contributed by atoms with Gasteiger partial charge in [0, 0.05) is 279 Å². The van der Waals surface area contributed by atoms with Crippen molar-refractivity contribution in [2.24, 2.45) is 0 Å². The molecule has 0 aromatic heterocycles. The van der Waals surface area contributed by atoms with E-state index in [0.29, 0.717) is 112 Å². The van der Waals surface area contributed by atoms with Crippen LogP contribution in [0.15, 0.2) is 0 Å². The molecule has 0 unspecified atom stereocenters. The minimum atomic E-state index is -2.68. The maximum atomic E-state index is 9.49. The topological polar surface area (TPSA) is 330 Å². The highest BCUT2D eigenvalue weighted by Crippen LogP contribution is 2.28. The first-order chi connectivity index (χ1) is 60.2. The second-order valence-electron chi connectivity index (χ2n) is 28.2. The van der Waals surface area contributed by atoms with Crippen molar-refractivity contribution in [1.29, 1.82) is 0 Å². The normalized spacial score (nSPS) is 13.1. The van der Waals surface area contributed by atoms with Crippen LogP contribution >= 0.6 is 0 Å². The number of aliphatic hydroxyl groups is 2. The first-order valence-corrected chi connectivity index (χ1v) is 65.5. The van der Waals surface area contributed by atoms with Crippen molar-refractivity contribution < 1.29 is 143 Å². The zero-order valence-electron chi connectivity index (χ0n) is 84.6. The van der Waals surface area contributed by atoms with E-state index in [1.165, 1.54) is 0 Å². The smallest absolute Gasteiger partial charge is 0.395 e. The minimum absolute atomic E-state index is 0.128. The van der Waals surface area contributed by atoms with Gasteiger partial charge in [0.1, 0.15) is 0 Å². The summed E-state index contributed by atoms with van der Waals surface area (Å²) in [5, 5.41) is 18.7. The molecule has 0 aliphatic rings. The molecule has 0 saturated carbocycles. The van der Waals surface area contributed by atoms with E-state index < -0.39 is 88.0 Å². The molecule has 36 nitrogen and oxygen atoms in total. The van der Waals surface area contributed by atoms with Gasteiger partial charge in [0.05, 0.1) is 13.2 Å². The van der Waals surface area contributed by atoms with Crippen LogP contribution in [0.5, 0.6) is 0 Å². The fourth-order valence-corrected chi connectivity index (χ4v) is 36.1. The molecule has 0 saturated heterocycles. The average Bonchev–Trinajstić information content (AvgIpc) is 0.867. The molecule has 0 bridgehead atoms. The van der Waals surface area contributed by atoms with Crippen LogP contribution in [0.3, 0.4) is 0 Å². The maximum absolute atomic E-state index is 9.49. The number of hydrogen-bond acceptors (Lipinski definition) is 36. The summed E-state index contributed by atoms with van der Waals surface area (Å²) >= 11 is 0. The van der Waals surface area contributed by atoms with Crippen molar-refractivity contribution in [3.63, 3.8) is 0 Å². The zero-order chi connectivity index (χ0) is 95.2. The Bertz CT molecular complexity index is 2000. The molecule has 0 aliphatic heterocycles. The largest absolute Gasteiger partial charge is 0.500 e. The van der Waals surface area contributed by atoms with Crippen LogP contribution in [-0.2, 0) is 133 Å². The second-order valence-corrected chi connectivity index (χ2v) is 57.4. The first kappa shape index (κ1) is 132. The van der Waals surface area contributed by atoms with Crippen molar-refractivity contribution >= 4 is 88.0 Å². The summed E-state index contributed by atoms with van der Waals surface area (Å²) in [6, 6.07) is 7.70. The molecule has 46 heteroatoms. The van der Waals surface area contributed by atoms with Crippen molar-refractivity contribution in [2.75, 3.05) is 298 Å². The molecule has 0 amide bonds. The molecule has 125 heavy (non-hydrogen) atoms. The Morgan fingerprint density at radius 2 is 0.232 bits per heavy atom. The average molecular weight is 1990 g/mol. The molecule has 0 spiro atoms. The number of hydrogen-bond donors (Lipinski definition) is 2. The van der Waals surface area contributed by atoms with E-state index >= 15 is 0 Å². The van der Waals surface area contributed by atoms with Gasteiger partial charge in [-0.15, -0.1) is 0 Å². The van der Waals surface area contributed by atoms with Crippen LogP contribution in [0, 0.1) is 0 Å². The monoisotopic (exact) mass is 1990 g/mol. The molecular formula is C79H190N4O32Si10. The fraction of sp³-hybridized carbons (Fsp3) is 1.00. The number of rotatable bonds is 89. The maximum Gasteiger partial charge on any atom is 0.500 e. The minimum Gasteiger partial charge on any atom is -0.395 e. The lowest BCUT2D eigenvalue weighted by Gasteiger charge is -2.32. The van der Waals surface area contributed by atoms with E-state index in [2.05, 4.69) is 19.6 Å².